The zero-order valence-electron chi connectivity index (χ0n) is 11.0. The molecular weight excluding hydrogens is 244 g/mol. The van der Waals surface area contributed by atoms with E-state index in [-0.39, 0.29) is 12.2 Å². The maximum Gasteiger partial charge on any atom is 0.350 e. The molecule has 0 amide bonds. The zero-order chi connectivity index (χ0) is 14.1. The van der Waals surface area contributed by atoms with Crippen LogP contribution in [-0.2, 0) is 9.53 Å². The highest BCUT2D eigenvalue weighted by Gasteiger charge is 2.09. The van der Waals surface area contributed by atoms with E-state index >= 15 is 0 Å². The number of anilines is 1. The van der Waals surface area contributed by atoms with Gasteiger partial charge in [0.1, 0.15) is 11.8 Å². The van der Waals surface area contributed by atoms with Crippen LogP contribution in [0.15, 0.2) is 36.0 Å². The first-order valence-electron chi connectivity index (χ1n) is 5.98. The van der Waals surface area contributed by atoms with Gasteiger partial charge in [0.2, 0.25) is 0 Å². The summed E-state index contributed by atoms with van der Waals surface area (Å²) in [5.74, 6) is 0.0778. The molecule has 0 spiro atoms. The summed E-state index contributed by atoms with van der Waals surface area (Å²) in [5, 5.41) is 11.7. The lowest BCUT2D eigenvalue weighted by molar-refractivity contribution is -0.138. The number of rotatable bonds is 6. The van der Waals surface area contributed by atoms with Gasteiger partial charge in [-0.1, -0.05) is 6.07 Å². The number of esters is 1. The number of nitrogens with zero attached hydrogens (tertiary/aromatic N) is 1. The minimum atomic E-state index is -0.640. The fourth-order valence-corrected chi connectivity index (χ4v) is 1.34. The molecule has 0 unspecified atom stereocenters. The molecule has 1 N–H and O–H groups in total. The number of ether oxygens (including phenoxy) is 2. The number of hydrogen-bond acceptors (Lipinski definition) is 5. The van der Waals surface area contributed by atoms with E-state index < -0.39 is 5.97 Å². The molecule has 0 aliphatic heterocycles. The third-order valence-corrected chi connectivity index (χ3v) is 2.14. The van der Waals surface area contributed by atoms with Crippen LogP contribution in [0.5, 0.6) is 5.75 Å². The fraction of sp³-hybridized carbons (Fsp3) is 0.286. The molecule has 1 rings (SSSR count). The van der Waals surface area contributed by atoms with Gasteiger partial charge in [-0.3, -0.25) is 0 Å². The Bertz CT molecular complexity index is 504. The Morgan fingerprint density at radius 2 is 2.21 bits per heavy atom. The van der Waals surface area contributed by atoms with Gasteiger partial charge in [-0.25, -0.2) is 4.79 Å². The van der Waals surface area contributed by atoms with Crippen LogP contribution < -0.4 is 10.1 Å². The highest BCUT2D eigenvalue weighted by atomic mass is 16.5. The Balaban J connectivity index is 2.76. The maximum atomic E-state index is 11.4. The first-order chi connectivity index (χ1) is 9.21. The van der Waals surface area contributed by atoms with Crippen molar-refractivity contribution in [1.82, 2.24) is 0 Å². The molecular formula is C14H16N2O3. The van der Waals surface area contributed by atoms with Gasteiger partial charge in [0.15, 0.2) is 5.57 Å². The van der Waals surface area contributed by atoms with Crippen molar-refractivity contribution in [3.05, 3.63) is 36.0 Å². The molecule has 0 fully saturated rings. The summed E-state index contributed by atoms with van der Waals surface area (Å²) in [4.78, 5) is 11.4. The second-order valence-electron chi connectivity index (χ2n) is 3.50. The molecule has 0 radical (unpaired) electrons. The van der Waals surface area contributed by atoms with Gasteiger partial charge < -0.3 is 14.8 Å². The number of carbonyl (C=O) groups is 1. The van der Waals surface area contributed by atoms with Crippen molar-refractivity contribution in [2.24, 2.45) is 0 Å². The van der Waals surface area contributed by atoms with Gasteiger partial charge in [0.25, 0.3) is 0 Å². The topological polar surface area (TPSA) is 71.4 Å². The van der Waals surface area contributed by atoms with Crippen molar-refractivity contribution >= 4 is 11.7 Å². The fourth-order valence-electron chi connectivity index (χ4n) is 1.34. The quantitative estimate of drug-likeness (QED) is 0.483. The van der Waals surface area contributed by atoms with E-state index in [9.17, 15) is 4.79 Å². The predicted octanol–water partition coefficient (Wildman–Crippen LogP) is 2.47. The van der Waals surface area contributed by atoms with E-state index in [1.165, 1.54) is 6.20 Å². The number of nitrogens with one attached hydrogen (secondary N) is 1. The minimum absolute atomic E-state index is 0.0799. The van der Waals surface area contributed by atoms with Crippen molar-refractivity contribution in [3.63, 3.8) is 0 Å². The third kappa shape index (κ3) is 4.72. The second kappa shape index (κ2) is 7.77. The zero-order valence-corrected chi connectivity index (χ0v) is 11.0. The molecule has 100 valence electrons. The SMILES string of the molecule is CCOC(=O)C(C#N)=CNc1cccc(OCC)c1. The summed E-state index contributed by atoms with van der Waals surface area (Å²) in [6, 6.07) is 9.02. The monoisotopic (exact) mass is 260 g/mol. The van der Waals surface area contributed by atoms with Gasteiger partial charge in [0, 0.05) is 18.0 Å². The molecule has 0 heterocycles. The normalized spacial score (nSPS) is 10.5. The Morgan fingerprint density at radius 1 is 1.42 bits per heavy atom. The standard InChI is InChI=1S/C14H16N2O3/c1-3-18-13-7-5-6-12(8-13)16-10-11(9-15)14(17)19-4-2/h5-8,10,16H,3-4H2,1-2H3. The van der Waals surface area contributed by atoms with Crippen LogP contribution in [0.3, 0.4) is 0 Å². The van der Waals surface area contributed by atoms with Crippen LogP contribution in [0.4, 0.5) is 5.69 Å². The number of carbonyl (C=O) groups excluding carboxylic acids is 1. The first kappa shape index (κ1) is 14.6. The van der Waals surface area contributed by atoms with Crippen molar-refractivity contribution in [2.45, 2.75) is 13.8 Å². The van der Waals surface area contributed by atoms with Crippen LogP contribution in [0.1, 0.15) is 13.8 Å². The summed E-state index contributed by atoms with van der Waals surface area (Å²) < 4.78 is 10.1. The maximum absolute atomic E-state index is 11.4. The summed E-state index contributed by atoms with van der Waals surface area (Å²) >= 11 is 0. The molecule has 1 aromatic carbocycles. The molecule has 5 heteroatoms. The van der Waals surface area contributed by atoms with E-state index in [1.54, 1.807) is 25.1 Å². The van der Waals surface area contributed by atoms with E-state index in [0.29, 0.717) is 6.61 Å². The van der Waals surface area contributed by atoms with E-state index in [1.807, 2.05) is 19.1 Å². The predicted molar refractivity (Wildman–Crippen MR) is 71.6 cm³/mol. The molecule has 0 saturated carbocycles. The van der Waals surface area contributed by atoms with Gasteiger partial charge in [-0.2, -0.15) is 5.26 Å². The smallest absolute Gasteiger partial charge is 0.350 e. The van der Waals surface area contributed by atoms with Crippen molar-refractivity contribution < 1.29 is 14.3 Å². The molecule has 19 heavy (non-hydrogen) atoms. The van der Waals surface area contributed by atoms with E-state index in [2.05, 4.69) is 5.32 Å². The minimum Gasteiger partial charge on any atom is -0.494 e. The Kier molecular flexibility index (Phi) is 5.96. The molecule has 0 saturated heterocycles. The molecule has 0 aliphatic rings. The molecule has 0 bridgehead atoms. The molecule has 5 nitrogen and oxygen atoms in total. The largest absolute Gasteiger partial charge is 0.494 e. The Hall–Kier alpha value is -2.48. The first-order valence-corrected chi connectivity index (χ1v) is 5.98. The average molecular weight is 260 g/mol. The third-order valence-electron chi connectivity index (χ3n) is 2.14. The summed E-state index contributed by atoms with van der Waals surface area (Å²) in [5.41, 5.74) is 0.645. The number of benzene rings is 1. The molecule has 0 aromatic heterocycles. The Morgan fingerprint density at radius 3 is 2.84 bits per heavy atom. The molecule has 1 aromatic rings. The highest BCUT2D eigenvalue weighted by Crippen LogP contribution is 2.17. The van der Waals surface area contributed by atoms with Crippen LogP contribution in [-0.4, -0.2) is 19.2 Å². The highest BCUT2D eigenvalue weighted by molar-refractivity contribution is 5.93. The van der Waals surface area contributed by atoms with Crippen LogP contribution >= 0.6 is 0 Å². The van der Waals surface area contributed by atoms with Crippen LogP contribution in [0.25, 0.3) is 0 Å². The van der Waals surface area contributed by atoms with Crippen molar-refractivity contribution in [1.29, 1.82) is 5.26 Å². The van der Waals surface area contributed by atoms with Crippen molar-refractivity contribution in [2.75, 3.05) is 18.5 Å². The molecule has 0 atom stereocenters. The van der Waals surface area contributed by atoms with Crippen LogP contribution in [0.2, 0.25) is 0 Å². The summed E-state index contributed by atoms with van der Waals surface area (Å²) in [6.07, 6.45) is 1.32. The number of nitriles is 1. The average Bonchev–Trinajstić information content (AvgIpc) is 2.40. The second-order valence-corrected chi connectivity index (χ2v) is 3.50. The lowest BCUT2D eigenvalue weighted by atomic mass is 10.3. The van der Waals surface area contributed by atoms with Crippen molar-refractivity contribution in [3.8, 4) is 11.8 Å². The number of hydrogen-bond donors (Lipinski definition) is 1. The van der Waals surface area contributed by atoms with Gasteiger partial charge >= 0.3 is 5.97 Å². The van der Waals surface area contributed by atoms with Gasteiger partial charge in [-0.15, -0.1) is 0 Å². The van der Waals surface area contributed by atoms with E-state index in [4.69, 9.17) is 14.7 Å². The Labute approximate surface area is 112 Å². The summed E-state index contributed by atoms with van der Waals surface area (Å²) in [6.45, 7) is 4.39. The molecule has 0 aliphatic carbocycles. The van der Waals surface area contributed by atoms with Gasteiger partial charge in [0.05, 0.1) is 13.2 Å². The lowest BCUT2D eigenvalue weighted by Crippen LogP contribution is -2.07. The summed E-state index contributed by atoms with van der Waals surface area (Å²) in [7, 11) is 0. The van der Waals surface area contributed by atoms with Crippen LogP contribution in [0, 0.1) is 11.3 Å². The lowest BCUT2D eigenvalue weighted by Gasteiger charge is -2.06. The van der Waals surface area contributed by atoms with Gasteiger partial charge in [-0.05, 0) is 26.0 Å². The van der Waals surface area contributed by atoms with E-state index in [0.717, 1.165) is 11.4 Å².